The lowest BCUT2D eigenvalue weighted by Crippen LogP contribution is -2.10. The molecule has 0 spiro atoms. The number of unbranched alkanes of at least 4 members (excludes halogenated alkanes) is 6. The molecule has 8 nitrogen and oxygen atoms in total. The number of fused-ring (bicyclic) bond motifs is 3. The van der Waals surface area contributed by atoms with E-state index in [1.165, 1.54) is 25.7 Å². The first-order valence-corrected chi connectivity index (χ1v) is 12.3. The zero-order valence-electron chi connectivity index (χ0n) is 20.0. The molecular formula is C27H30N4O4. The Labute approximate surface area is 204 Å². The summed E-state index contributed by atoms with van der Waals surface area (Å²) in [5, 5.41) is 0. The Kier molecular flexibility index (Phi) is 6.70. The summed E-state index contributed by atoms with van der Waals surface area (Å²) in [5.41, 5.74) is 9.81. The van der Waals surface area contributed by atoms with Crippen molar-refractivity contribution in [1.29, 1.82) is 0 Å². The minimum Gasteiger partial charge on any atom is -0.462 e. The summed E-state index contributed by atoms with van der Waals surface area (Å²) in [6.07, 6.45) is 8.01. The number of para-hydroxylation sites is 2. The number of hydrogen-bond acceptors (Lipinski definition) is 7. The zero-order chi connectivity index (χ0) is 24.2. The fourth-order valence-electron chi connectivity index (χ4n) is 4.44. The molecule has 3 heterocycles. The largest absolute Gasteiger partial charge is 0.462 e. The highest BCUT2D eigenvalue weighted by atomic mass is 16.7. The number of esters is 1. The number of nitrogens with two attached hydrogens (primary N) is 1. The number of nitrogen functional groups attached to an aromatic ring is 1. The number of aromatic nitrogens is 3. The minimum absolute atomic E-state index is 0.168. The molecular weight excluding hydrogens is 444 g/mol. The number of anilines is 1. The highest BCUT2D eigenvalue weighted by molar-refractivity contribution is 6.09. The predicted octanol–water partition coefficient (Wildman–Crippen LogP) is 5.79. The van der Waals surface area contributed by atoms with Crippen LogP contribution in [0.3, 0.4) is 0 Å². The molecule has 0 fully saturated rings. The van der Waals surface area contributed by atoms with Gasteiger partial charge in [-0.15, -0.1) is 0 Å². The first-order valence-electron chi connectivity index (χ1n) is 12.3. The van der Waals surface area contributed by atoms with Crippen LogP contribution in [0.1, 0.15) is 62.2 Å². The molecule has 2 aromatic carbocycles. The Morgan fingerprint density at radius 2 is 1.69 bits per heavy atom. The molecule has 8 heteroatoms. The summed E-state index contributed by atoms with van der Waals surface area (Å²) in [7, 11) is 0. The van der Waals surface area contributed by atoms with Crippen molar-refractivity contribution in [2.24, 2.45) is 0 Å². The van der Waals surface area contributed by atoms with Crippen molar-refractivity contribution in [3.63, 3.8) is 0 Å². The van der Waals surface area contributed by atoms with E-state index in [0.717, 1.165) is 19.3 Å². The van der Waals surface area contributed by atoms with Gasteiger partial charge in [0.05, 0.1) is 23.3 Å². The van der Waals surface area contributed by atoms with Gasteiger partial charge in [-0.05, 0) is 30.7 Å². The van der Waals surface area contributed by atoms with E-state index in [9.17, 15) is 4.79 Å². The summed E-state index contributed by atoms with van der Waals surface area (Å²) < 4.78 is 18.3. The molecule has 0 saturated heterocycles. The van der Waals surface area contributed by atoms with Crippen molar-refractivity contribution < 1.29 is 19.0 Å². The second-order valence-corrected chi connectivity index (χ2v) is 8.77. The maximum Gasteiger partial charge on any atom is 0.344 e. The molecule has 1 aliphatic rings. The molecule has 0 bridgehead atoms. The van der Waals surface area contributed by atoms with Crippen LogP contribution in [0.2, 0.25) is 0 Å². The van der Waals surface area contributed by atoms with Crippen LogP contribution in [0, 0.1) is 0 Å². The molecule has 0 atom stereocenters. The smallest absolute Gasteiger partial charge is 0.344 e. The number of carbonyl (C=O) groups excluding carboxylic acids is 1. The topological polar surface area (TPSA) is 101 Å². The van der Waals surface area contributed by atoms with Gasteiger partial charge in [-0.3, -0.25) is 4.57 Å². The van der Waals surface area contributed by atoms with Gasteiger partial charge in [0.1, 0.15) is 16.9 Å². The number of ether oxygens (including phenoxy) is 3. The average Bonchev–Trinajstić information content (AvgIpc) is 3.45. The van der Waals surface area contributed by atoms with Crippen LogP contribution in [0.15, 0.2) is 42.5 Å². The monoisotopic (exact) mass is 474 g/mol. The normalized spacial score (nSPS) is 12.5. The number of carbonyl (C=O) groups is 1. The molecule has 0 amide bonds. The standard InChI is InChI=1S/C27H30N4O4/c1-2-3-4-5-6-7-10-15-33-27(32)23-24-26(30-20-12-9-8-11-19(20)29-24)31(25(23)28)18-13-14-21-22(16-18)35-17-34-21/h8-9,11-14,16H,2-7,10,15,17,28H2,1H3. The molecule has 0 unspecified atom stereocenters. The quantitative estimate of drug-likeness (QED) is 0.229. The fraction of sp³-hybridized carbons (Fsp3) is 0.370. The number of nitrogens with zero attached hydrogens (tertiary/aromatic N) is 3. The third-order valence-corrected chi connectivity index (χ3v) is 6.30. The predicted molar refractivity (Wildman–Crippen MR) is 135 cm³/mol. The third-order valence-electron chi connectivity index (χ3n) is 6.30. The van der Waals surface area contributed by atoms with E-state index in [4.69, 9.17) is 29.9 Å². The second-order valence-electron chi connectivity index (χ2n) is 8.77. The molecule has 5 rings (SSSR count). The van der Waals surface area contributed by atoms with E-state index in [1.807, 2.05) is 42.5 Å². The third kappa shape index (κ3) is 4.60. The molecule has 0 aliphatic carbocycles. The van der Waals surface area contributed by atoms with Gasteiger partial charge in [0.25, 0.3) is 0 Å². The van der Waals surface area contributed by atoms with Crippen molar-refractivity contribution in [1.82, 2.24) is 14.5 Å². The Morgan fingerprint density at radius 3 is 2.49 bits per heavy atom. The molecule has 4 aromatic rings. The molecule has 0 saturated carbocycles. The first kappa shape index (κ1) is 23.0. The summed E-state index contributed by atoms with van der Waals surface area (Å²) in [4.78, 5) is 22.7. The maximum atomic E-state index is 13.2. The molecule has 2 aromatic heterocycles. The van der Waals surface area contributed by atoms with Crippen LogP contribution >= 0.6 is 0 Å². The molecule has 0 radical (unpaired) electrons. The van der Waals surface area contributed by atoms with E-state index < -0.39 is 5.97 Å². The summed E-state index contributed by atoms with van der Waals surface area (Å²) in [6.45, 7) is 2.73. The Morgan fingerprint density at radius 1 is 0.971 bits per heavy atom. The van der Waals surface area contributed by atoms with E-state index >= 15 is 0 Å². The van der Waals surface area contributed by atoms with Gasteiger partial charge < -0.3 is 19.9 Å². The lowest BCUT2D eigenvalue weighted by atomic mass is 10.1. The lowest BCUT2D eigenvalue weighted by molar-refractivity contribution is 0.0501. The van der Waals surface area contributed by atoms with E-state index in [-0.39, 0.29) is 18.2 Å². The second kappa shape index (κ2) is 10.2. The highest BCUT2D eigenvalue weighted by Crippen LogP contribution is 2.37. The van der Waals surface area contributed by atoms with E-state index in [1.54, 1.807) is 4.57 Å². The van der Waals surface area contributed by atoms with Crippen LogP contribution < -0.4 is 15.2 Å². The summed E-state index contributed by atoms with van der Waals surface area (Å²) >= 11 is 0. The van der Waals surface area contributed by atoms with Crippen LogP contribution in [0.5, 0.6) is 11.5 Å². The lowest BCUT2D eigenvalue weighted by Gasteiger charge is -2.09. The molecule has 182 valence electrons. The van der Waals surface area contributed by atoms with Gasteiger partial charge in [0.15, 0.2) is 17.1 Å². The van der Waals surface area contributed by atoms with Gasteiger partial charge >= 0.3 is 5.97 Å². The zero-order valence-corrected chi connectivity index (χ0v) is 20.0. The van der Waals surface area contributed by atoms with Gasteiger partial charge in [-0.1, -0.05) is 57.6 Å². The minimum atomic E-state index is -0.484. The summed E-state index contributed by atoms with van der Waals surface area (Å²) in [5.74, 6) is 1.02. The molecule has 2 N–H and O–H groups in total. The molecule has 35 heavy (non-hydrogen) atoms. The van der Waals surface area contributed by atoms with Crippen LogP contribution in [0.25, 0.3) is 27.9 Å². The highest BCUT2D eigenvalue weighted by Gasteiger charge is 2.27. The molecule has 1 aliphatic heterocycles. The van der Waals surface area contributed by atoms with E-state index in [2.05, 4.69) is 6.92 Å². The van der Waals surface area contributed by atoms with Crippen molar-refractivity contribution in [3.8, 4) is 17.2 Å². The SMILES string of the molecule is CCCCCCCCCOC(=O)c1c(N)n(-c2ccc3c(c2)OCO3)c2nc3ccccc3nc12. The van der Waals surface area contributed by atoms with Gasteiger partial charge in [-0.2, -0.15) is 0 Å². The fourth-order valence-corrected chi connectivity index (χ4v) is 4.44. The Bertz CT molecular complexity index is 1360. The van der Waals surface area contributed by atoms with Gasteiger partial charge in [0.2, 0.25) is 6.79 Å². The summed E-state index contributed by atoms with van der Waals surface area (Å²) in [6, 6.07) is 13.0. The Balaban J connectivity index is 1.45. The van der Waals surface area contributed by atoms with Crippen LogP contribution in [0.4, 0.5) is 5.82 Å². The average molecular weight is 475 g/mol. The van der Waals surface area contributed by atoms with Crippen molar-refractivity contribution in [3.05, 3.63) is 48.0 Å². The number of rotatable bonds is 10. The number of benzene rings is 2. The first-order chi connectivity index (χ1) is 17.2. The van der Waals surface area contributed by atoms with Crippen molar-refractivity contribution in [2.45, 2.75) is 51.9 Å². The van der Waals surface area contributed by atoms with Crippen molar-refractivity contribution >= 4 is 34.0 Å². The van der Waals surface area contributed by atoms with Gasteiger partial charge in [0, 0.05) is 6.07 Å². The van der Waals surface area contributed by atoms with Crippen LogP contribution in [-0.4, -0.2) is 33.9 Å². The van der Waals surface area contributed by atoms with Crippen molar-refractivity contribution in [2.75, 3.05) is 19.1 Å². The Hall–Kier alpha value is -3.81. The van der Waals surface area contributed by atoms with Crippen LogP contribution in [-0.2, 0) is 4.74 Å². The van der Waals surface area contributed by atoms with Gasteiger partial charge in [-0.25, -0.2) is 14.8 Å². The van der Waals surface area contributed by atoms with E-state index in [0.29, 0.717) is 46.0 Å². The number of hydrogen-bond donors (Lipinski definition) is 1. The maximum absolute atomic E-state index is 13.2.